The Balaban J connectivity index is 1.20. The van der Waals surface area contributed by atoms with Gasteiger partial charge in [0.15, 0.2) is 0 Å². The van der Waals surface area contributed by atoms with E-state index in [9.17, 15) is 14.4 Å². The van der Waals surface area contributed by atoms with Crippen molar-refractivity contribution in [2.75, 3.05) is 32.5 Å². The Morgan fingerprint density at radius 1 is 1.05 bits per heavy atom. The van der Waals surface area contributed by atoms with Crippen LogP contribution in [0.5, 0.6) is 0 Å². The van der Waals surface area contributed by atoms with Crippen LogP contribution in [0, 0.1) is 0 Å². The fourth-order valence-corrected chi connectivity index (χ4v) is 6.68. The smallest absolute Gasteiger partial charge is 0.328 e. The molecule has 2 bridgehead atoms. The average Bonchev–Trinajstić information content (AvgIpc) is 3.62. The monoisotopic (exact) mass is 602 g/mol. The molecule has 234 valence electrons. The van der Waals surface area contributed by atoms with E-state index in [1.807, 2.05) is 26.8 Å². The molecule has 6 rings (SSSR count). The first-order valence-corrected chi connectivity index (χ1v) is 15.6. The van der Waals surface area contributed by atoms with Crippen molar-refractivity contribution in [1.82, 2.24) is 34.6 Å². The van der Waals surface area contributed by atoms with Crippen LogP contribution in [0.4, 0.5) is 11.8 Å². The second kappa shape index (κ2) is 11.5. The molecule has 2 N–H and O–H groups in total. The predicted octanol–water partition coefficient (Wildman–Crippen LogP) is 4.07. The number of pyridine rings is 1. The number of esters is 1. The van der Waals surface area contributed by atoms with Gasteiger partial charge in [0.1, 0.15) is 28.3 Å². The molecule has 0 spiro atoms. The van der Waals surface area contributed by atoms with Crippen LogP contribution in [-0.2, 0) is 9.53 Å². The summed E-state index contributed by atoms with van der Waals surface area (Å²) in [6, 6.07) is 5.45. The van der Waals surface area contributed by atoms with Gasteiger partial charge in [-0.3, -0.25) is 14.9 Å². The molecule has 5 heterocycles. The lowest BCUT2D eigenvalue weighted by atomic mass is 10.00. The second-order valence-corrected chi connectivity index (χ2v) is 13.5. The molecule has 1 saturated carbocycles. The van der Waals surface area contributed by atoms with Gasteiger partial charge in [-0.1, -0.05) is 25.7 Å². The van der Waals surface area contributed by atoms with E-state index in [1.165, 1.54) is 19.0 Å². The molecular weight excluding hydrogens is 560 g/mol. The first-order chi connectivity index (χ1) is 20.9. The summed E-state index contributed by atoms with van der Waals surface area (Å²) in [5.74, 6) is 0.317. The zero-order valence-corrected chi connectivity index (χ0v) is 26.2. The Kier molecular flexibility index (Phi) is 7.81. The van der Waals surface area contributed by atoms with Crippen LogP contribution in [0.25, 0.3) is 11.0 Å². The summed E-state index contributed by atoms with van der Waals surface area (Å²) in [5.41, 5.74) is 0.317. The number of ether oxygens (including phenoxy) is 1. The minimum Gasteiger partial charge on any atom is -0.459 e. The Labute approximate surface area is 257 Å². The molecule has 2 amide bonds. The third-order valence-electron chi connectivity index (χ3n) is 8.83. The molecule has 1 aliphatic carbocycles. The van der Waals surface area contributed by atoms with Crippen LogP contribution >= 0.6 is 0 Å². The number of rotatable bonds is 6. The minimum absolute atomic E-state index is 0.0531. The Morgan fingerprint density at radius 2 is 1.80 bits per heavy atom. The maximum absolute atomic E-state index is 13.4. The van der Waals surface area contributed by atoms with Gasteiger partial charge >= 0.3 is 5.97 Å². The third kappa shape index (κ3) is 5.74. The molecule has 2 aliphatic heterocycles. The SMILES string of the molecule is CN(C)C(=O)c1cc2cnc(Nc3ccc(C(=O)N4CC5(C(=O)OC(C)(C)C)CC4CN5)cn3)nc2n1C1CCCCCC1. The van der Waals surface area contributed by atoms with Crippen molar-refractivity contribution < 1.29 is 19.1 Å². The standard InChI is InChI=1S/C32H42N8O4/c1-31(2,3)44-29(43)32-15-23(18-35-32)39(19-32)27(41)20-12-13-25(33-16-20)36-30-34-17-21-14-24(28(42)38(4)5)40(26(21)37-30)22-10-8-6-7-9-11-22/h12-14,16-17,22-23,35H,6-11,15,18-19H2,1-5H3,(H,33,34,36,37). The summed E-state index contributed by atoms with van der Waals surface area (Å²) in [7, 11) is 3.53. The van der Waals surface area contributed by atoms with Gasteiger partial charge < -0.3 is 24.4 Å². The first kappa shape index (κ1) is 30.0. The number of nitrogens with one attached hydrogen (secondary N) is 2. The zero-order valence-electron chi connectivity index (χ0n) is 26.2. The molecule has 2 unspecified atom stereocenters. The van der Waals surface area contributed by atoms with Crippen molar-refractivity contribution in [1.29, 1.82) is 0 Å². The van der Waals surface area contributed by atoms with Crippen molar-refractivity contribution in [3.8, 4) is 0 Å². The number of fused-ring (bicyclic) bond motifs is 3. The van der Waals surface area contributed by atoms with Crippen LogP contribution in [0.3, 0.4) is 0 Å². The Morgan fingerprint density at radius 3 is 2.45 bits per heavy atom. The third-order valence-corrected chi connectivity index (χ3v) is 8.83. The number of carbonyl (C=O) groups excluding carboxylic acids is 3. The molecule has 3 fully saturated rings. The van der Waals surface area contributed by atoms with Gasteiger partial charge in [-0.25, -0.2) is 14.8 Å². The maximum Gasteiger partial charge on any atom is 0.328 e. The van der Waals surface area contributed by atoms with Gasteiger partial charge in [0.05, 0.1) is 12.1 Å². The average molecular weight is 603 g/mol. The predicted molar refractivity (Wildman–Crippen MR) is 166 cm³/mol. The van der Waals surface area contributed by atoms with Crippen LogP contribution in [-0.4, -0.2) is 91.5 Å². The molecule has 12 nitrogen and oxygen atoms in total. The van der Waals surface area contributed by atoms with Crippen molar-refractivity contribution >= 4 is 40.6 Å². The Bertz CT molecular complexity index is 1570. The minimum atomic E-state index is -0.871. The number of hydrogen-bond donors (Lipinski definition) is 2. The lowest BCUT2D eigenvalue weighted by molar-refractivity contribution is -0.162. The van der Waals surface area contributed by atoms with E-state index in [2.05, 4.69) is 25.2 Å². The van der Waals surface area contributed by atoms with E-state index in [0.717, 1.165) is 36.7 Å². The Hall–Kier alpha value is -4.06. The molecule has 2 atom stereocenters. The van der Waals surface area contributed by atoms with Crippen molar-refractivity contribution in [2.45, 2.75) is 88.9 Å². The van der Waals surface area contributed by atoms with Crippen LogP contribution in [0.2, 0.25) is 0 Å². The largest absolute Gasteiger partial charge is 0.459 e. The summed E-state index contributed by atoms with van der Waals surface area (Å²) >= 11 is 0. The molecular formula is C32H42N8O4. The summed E-state index contributed by atoms with van der Waals surface area (Å²) < 4.78 is 7.76. The first-order valence-electron chi connectivity index (χ1n) is 15.6. The van der Waals surface area contributed by atoms with Crippen LogP contribution in [0.15, 0.2) is 30.6 Å². The number of amides is 2. The molecule has 0 radical (unpaired) electrons. The molecule has 3 aromatic heterocycles. The number of piperazine rings is 1. The molecule has 12 heteroatoms. The van der Waals surface area contributed by atoms with Crippen LogP contribution in [0.1, 0.15) is 92.6 Å². The summed E-state index contributed by atoms with van der Waals surface area (Å²) in [6.07, 6.45) is 10.5. The van der Waals surface area contributed by atoms with Crippen molar-refractivity contribution in [3.63, 3.8) is 0 Å². The lowest BCUT2D eigenvalue weighted by Crippen LogP contribution is -2.58. The highest BCUT2D eigenvalue weighted by Gasteiger charge is 2.57. The van der Waals surface area contributed by atoms with E-state index in [4.69, 9.17) is 9.72 Å². The van der Waals surface area contributed by atoms with Gasteiger partial charge in [-0.05, 0) is 58.2 Å². The number of nitrogens with zero attached hydrogens (tertiary/aromatic N) is 6. The lowest BCUT2D eigenvalue weighted by Gasteiger charge is -2.34. The molecule has 0 aromatic carbocycles. The molecule has 2 saturated heterocycles. The topological polar surface area (TPSA) is 135 Å². The van der Waals surface area contributed by atoms with E-state index in [0.29, 0.717) is 36.0 Å². The fraction of sp³-hybridized carbons (Fsp3) is 0.562. The van der Waals surface area contributed by atoms with Gasteiger partial charge in [-0.2, -0.15) is 4.98 Å². The summed E-state index contributed by atoms with van der Waals surface area (Å²) in [6.45, 7) is 6.33. The van der Waals surface area contributed by atoms with Crippen molar-refractivity contribution in [3.05, 3.63) is 41.9 Å². The molecule has 3 aromatic rings. The highest BCUT2D eigenvalue weighted by atomic mass is 16.6. The van der Waals surface area contributed by atoms with E-state index in [-0.39, 0.29) is 36.4 Å². The van der Waals surface area contributed by atoms with E-state index in [1.54, 1.807) is 42.2 Å². The number of anilines is 2. The summed E-state index contributed by atoms with van der Waals surface area (Å²) in [5, 5.41) is 7.27. The summed E-state index contributed by atoms with van der Waals surface area (Å²) in [4.78, 5) is 56.7. The molecule has 3 aliphatic rings. The number of carbonyl (C=O) groups is 3. The maximum atomic E-state index is 13.4. The second-order valence-electron chi connectivity index (χ2n) is 13.5. The highest BCUT2D eigenvalue weighted by Crippen LogP contribution is 2.36. The van der Waals surface area contributed by atoms with Gasteiger partial charge in [0, 0.05) is 50.5 Å². The van der Waals surface area contributed by atoms with Gasteiger partial charge in [0.2, 0.25) is 5.95 Å². The number of likely N-dealkylation sites (tertiary alicyclic amines) is 1. The van der Waals surface area contributed by atoms with Crippen molar-refractivity contribution in [2.24, 2.45) is 0 Å². The van der Waals surface area contributed by atoms with Gasteiger partial charge in [0.25, 0.3) is 11.8 Å². The number of hydrogen-bond acceptors (Lipinski definition) is 9. The normalized spacial score (nSPS) is 22.2. The fourth-order valence-electron chi connectivity index (χ4n) is 6.68. The van der Waals surface area contributed by atoms with E-state index >= 15 is 0 Å². The number of aromatic nitrogens is 4. The quantitative estimate of drug-likeness (QED) is 0.316. The van der Waals surface area contributed by atoms with E-state index < -0.39 is 11.1 Å². The van der Waals surface area contributed by atoms with Gasteiger partial charge in [-0.15, -0.1) is 0 Å². The zero-order chi connectivity index (χ0) is 31.2. The molecule has 44 heavy (non-hydrogen) atoms. The highest BCUT2D eigenvalue weighted by molar-refractivity contribution is 5.98. The van der Waals surface area contributed by atoms with Crippen LogP contribution < -0.4 is 10.6 Å².